The number of nitrogens with zero attached hydrogens (tertiary/aromatic N) is 2. The van der Waals surface area contributed by atoms with Crippen molar-refractivity contribution in [1.29, 1.82) is 0 Å². The fourth-order valence-corrected chi connectivity index (χ4v) is 3.39. The average molecular weight is 317 g/mol. The summed E-state index contributed by atoms with van der Waals surface area (Å²) in [5.41, 5.74) is 3.42. The Balaban J connectivity index is 1.46. The smallest absolute Gasteiger partial charge is 0.240 e. The summed E-state index contributed by atoms with van der Waals surface area (Å²) in [6, 6.07) is 3.70. The highest BCUT2D eigenvalue weighted by molar-refractivity contribution is 5.81. The Morgan fingerprint density at radius 3 is 3.09 bits per heavy atom. The second-order valence-electron chi connectivity index (χ2n) is 6.07. The second-order valence-corrected chi connectivity index (χ2v) is 6.07. The summed E-state index contributed by atoms with van der Waals surface area (Å²) in [7, 11) is 0. The van der Waals surface area contributed by atoms with Gasteiger partial charge in [-0.05, 0) is 25.3 Å². The number of pyridine rings is 1. The zero-order valence-electron chi connectivity index (χ0n) is 13.2. The van der Waals surface area contributed by atoms with Gasteiger partial charge in [-0.1, -0.05) is 12.5 Å². The highest BCUT2D eigenvalue weighted by Gasteiger charge is 2.45. The van der Waals surface area contributed by atoms with Crippen LogP contribution in [-0.2, 0) is 14.3 Å². The molecule has 1 atom stereocenters. The monoisotopic (exact) mass is 317 g/mol. The van der Waals surface area contributed by atoms with Gasteiger partial charge in [0.25, 0.3) is 0 Å². The molecule has 1 saturated heterocycles. The van der Waals surface area contributed by atoms with Crippen molar-refractivity contribution < 1.29 is 14.3 Å². The molecule has 6 heteroatoms. The zero-order chi connectivity index (χ0) is 16.0. The third kappa shape index (κ3) is 4.14. The van der Waals surface area contributed by atoms with Crippen molar-refractivity contribution in [3.63, 3.8) is 0 Å². The molecule has 2 heterocycles. The second kappa shape index (κ2) is 7.66. The van der Waals surface area contributed by atoms with E-state index in [9.17, 15) is 4.79 Å². The van der Waals surface area contributed by atoms with Gasteiger partial charge in [0.1, 0.15) is 0 Å². The third-order valence-electron chi connectivity index (χ3n) is 4.53. The first-order valence-electron chi connectivity index (χ1n) is 8.28. The first kappa shape index (κ1) is 16.1. The Bertz CT molecular complexity index is 541. The standard InChI is InChI=1S/C17H23N3O3/c21-16(20-19-13-14-4-3-9-18-12-14)7-6-15-5-1-2-8-17(15)22-10-11-23-17/h3-4,9,12-13,15H,1-2,5-8,10-11H2,(H,20,21)/b19-13-. The maximum atomic E-state index is 12.0. The summed E-state index contributed by atoms with van der Waals surface area (Å²) in [6.45, 7) is 1.33. The van der Waals surface area contributed by atoms with Gasteiger partial charge in [0.2, 0.25) is 5.91 Å². The van der Waals surface area contributed by atoms with E-state index in [4.69, 9.17) is 9.47 Å². The molecule has 1 aliphatic carbocycles. The number of rotatable bonds is 5. The van der Waals surface area contributed by atoms with E-state index in [0.717, 1.165) is 31.2 Å². The largest absolute Gasteiger partial charge is 0.347 e. The van der Waals surface area contributed by atoms with Gasteiger partial charge in [-0.15, -0.1) is 0 Å². The van der Waals surface area contributed by atoms with Gasteiger partial charge >= 0.3 is 0 Å². The first-order valence-corrected chi connectivity index (χ1v) is 8.28. The number of hydrogen-bond acceptors (Lipinski definition) is 5. The molecule has 0 aromatic carbocycles. The van der Waals surface area contributed by atoms with Crippen LogP contribution in [-0.4, -0.2) is 36.1 Å². The molecule has 3 rings (SSSR count). The molecule has 1 aliphatic heterocycles. The van der Waals surface area contributed by atoms with Gasteiger partial charge in [-0.2, -0.15) is 5.10 Å². The van der Waals surface area contributed by atoms with Crippen LogP contribution in [0.15, 0.2) is 29.6 Å². The van der Waals surface area contributed by atoms with Gasteiger partial charge in [0, 0.05) is 36.7 Å². The van der Waals surface area contributed by atoms with Crippen molar-refractivity contribution in [1.82, 2.24) is 10.4 Å². The molecule has 23 heavy (non-hydrogen) atoms. The van der Waals surface area contributed by atoms with Gasteiger partial charge < -0.3 is 9.47 Å². The number of hydrazone groups is 1. The van der Waals surface area contributed by atoms with Gasteiger partial charge in [0.15, 0.2) is 5.79 Å². The molecule has 1 spiro atoms. The van der Waals surface area contributed by atoms with Crippen LogP contribution in [0.4, 0.5) is 0 Å². The molecule has 0 radical (unpaired) electrons. The van der Waals surface area contributed by atoms with Crippen molar-refractivity contribution in [2.24, 2.45) is 11.0 Å². The van der Waals surface area contributed by atoms with Crippen molar-refractivity contribution in [3.05, 3.63) is 30.1 Å². The summed E-state index contributed by atoms with van der Waals surface area (Å²) >= 11 is 0. The Labute approximate surface area is 136 Å². The van der Waals surface area contributed by atoms with Crippen molar-refractivity contribution >= 4 is 12.1 Å². The van der Waals surface area contributed by atoms with Crippen LogP contribution >= 0.6 is 0 Å². The number of amides is 1. The number of ether oxygens (including phenoxy) is 2. The highest BCUT2D eigenvalue weighted by atomic mass is 16.7. The third-order valence-corrected chi connectivity index (χ3v) is 4.53. The predicted octanol–water partition coefficient (Wildman–Crippen LogP) is 2.25. The fourth-order valence-electron chi connectivity index (χ4n) is 3.39. The molecular formula is C17H23N3O3. The molecule has 124 valence electrons. The van der Waals surface area contributed by atoms with E-state index in [1.54, 1.807) is 18.6 Å². The molecule has 6 nitrogen and oxygen atoms in total. The molecule has 1 aromatic heterocycles. The lowest BCUT2D eigenvalue weighted by Gasteiger charge is -2.39. The van der Waals surface area contributed by atoms with Gasteiger partial charge in [-0.3, -0.25) is 9.78 Å². The molecule has 1 aromatic rings. The maximum absolute atomic E-state index is 12.0. The number of aromatic nitrogens is 1. The normalized spacial score (nSPS) is 23.4. The van der Waals surface area contributed by atoms with Crippen LogP contribution in [0, 0.1) is 5.92 Å². The van der Waals surface area contributed by atoms with Gasteiger partial charge in [-0.25, -0.2) is 5.43 Å². The van der Waals surface area contributed by atoms with E-state index >= 15 is 0 Å². The highest BCUT2D eigenvalue weighted by Crippen LogP contribution is 2.42. The molecule has 2 fully saturated rings. The van der Waals surface area contributed by atoms with E-state index in [-0.39, 0.29) is 5.91 Å². The Morgan fingerprint density at radius 1 is 1.43 bits per heavy atom. The zero-order valence-corrected chi connectivity index (χ0v) is 13.2. The Kier molecular flexibility index (Phi) is 5.35. The van der Waals surface area contributed by atoms with E-state index in [1.165, 1.54) is 6.42 Å². The Morgan fingerprint density at radius 2 is 2.30 bits per heavy atom. The summed E-state index contributed by atoms with van der Waals surface area (Å²) in [4.78, 5) is 15.9. The summed E-state index contributed by atoms with van der Waals surface area (Å²) < 4.78 is 11.7. The van der Waals surface area contributed by atoms with Crippen molar-refractivity contribution in [2.75, 3.05) is 13.2 Å². The van der Waals surface area contributed by atoms with Crippen LogP contribution in [0.2, 0.25) is 0 Å². The Hall–Kier alpha value is -1.79. The van der Waals surface area contributed by atoms with E-state index < -0.39 is 5.79 Å². The van der Waals surface area contributed by atoms with Crippen LogP contribution in [0.3, 0.4) is 0 Å². The molecule has 1 N–H and O–H groups in total. The summed E-state index contributed by atoms with van der Waals surface area (Å²) in [6.07, 6.45) is 10.5. The quantitative estimate of drug-likeness (QED) is 0.668. The lowest BCUT2D eigenvalue weighted by Crippen LogP contribution is -2.42. The minimum absolute atomic E-state index is 0.0798. The average Bonchev–Trinajstić information content (AvgIpc) is 3.04. The van der Waals surface area contributed by atoms with E-state index in [1.807, 2.05) is 12.1 Å². The van der Waals surface area contributed by atoms with Crippen molar-refractivity contribution in [3.8, 4) is 0 Å². The van der Waals surface area contributed by atoms with Crippen LogP contribution in [0.1, 0.15) is 44.1 Å². The van der Waals surface area contributed by atoms with Crippen LogP contribution in [0.25, 0.3) is 0 Å². The van der Waals surface area contributed by atoms with Gasteiger partial charge in [0.05, 0.1) is 19.4 Å². The minimum atomic E-state index is -0.433. The van der Waals surface area contributed by atoms with Crippen LogP contribution < -0.4 is 5.43 Å². The molecule has 0 bridgehead atoms. The van der Waals surface area contributed by atoms with Crippen molar-refractivity contribution in [2.45, 2.75) is 44.3 Å². The molecule has 2 aliphatic rings. The fraction of sp³-hybridized carbons (Fsp3) is 0.588. The number of hydrogen-bond donors (Lipinski definition) is 1. The topological polar surface area (TPSA) is 72.8 Å². The number of nitrogens with one attached hydrogen (secondary N) is 1. The lowest BCUT2D eigenvalue weighted by molar-refractivity contribution is -0.213. The number of carbonyl (C=O) groups excluding carboxylic acids is 1. The first-order chi connectivity index (χ1) is 11.3. The van der Waals surface area contributed by atoms with Crippen LogP contribution in [0.5, 0.6) is 0 Å². The number of carbonyl (C=O) groups is 1. The lowest BCUT2D eigenvalue weighted by atomic mass is 9.80. The predicted molar refractivity (Wildman–Crippen MR) is 85.8 cm³/mol. The molecule has 1 amide bonds. The van der Waals surface area contributed by atoms with E-state index in [0.29, 0.717) is 25.6 Å². The SMILES string of the molecule is O=C(CCC1CCCCC12OCCO2)N/N=C\c1cccnc1. The maximum Gasteiger partial charge on any atom is 0.240 e. The molecular weight excluding hydrogens is 294 g/mol. The minimum Gasteiger partial charge on any atom is -0.347 e. The molecule has 1 unspecified atom stereocenters. The summed E-state index contributed by atoms with van der Waals surface area (Å²) in [5, 5.41) is 3.97. The van der Waals surface area contributed by atoms with E-state index in [2.05, 4.69) is 15.5 Å². The summed E-state index contributed by atoms with van der Waals surface area (Å²) in [5.74, 6) is -0.215. The molecule has 1 saturated carbocycles.